The summed E-state index contributed by atoms with van der Waals surface area (Å²) < 4.78 is 5.14. The van der Waals surface area contributed by atoms with Crippen LogP contribution in [0, 0.1) is 18.3 Å². The molecule has 4 heteroatoms. The van der Waals surface area contributed by atoms with Gasteiger partial charge in [0.05, 0.1) is 24.1 Å². The van der Waals surface area contributed by atoms with Gasteiger partial charge in [0.25, 0.3) is 0 Å². The van der Waals surface area contributed by atoms with Crippen LogP contribution in [0.3, 0.4) is 0 Å². The Hall–Kier alpha value is -1.99. The van der Waals surface area contributed by atoms with Crippen molar-refractivity contribution in [3.8, 4) is 23.1 Å². The van der Waals surface area contributed by atoms with Gasteiger partial charge >= 0.3 is 0 Å². The van der Waals surface area contributed by atoms with Crippen LogP contribution in [0.1, 0.15) is 11.3 Å². The van der Waals surface area contributed by atoms with Gasteiger partial charge in [-0.2, -0.15) is 5.26 Å². The average Bonchev–Trinajstić information content (AvgIpc) is 2.46. The summed E-state index contributed by atoms with van der Waals surface area (Å²) in [6.07, 6.45) is 1.97. The van der Waals surface area contributed by atoms with Crippen LogP contribution in [0.5, 0.6) is 5.75 Å². The summed E-state index contributed by atoms with van der Waals surface area (Å²) in [5.74, 6) is 0.819. The summed E-state index contributed by atoms with van der Waals surface area (Å²) in [5, 5.41) is 9.14. The summed E-state index contributed by atoms with van der Waals surface area (Å²) in [7, 11) is 1.64. The van der Waals surface area contributed by atoms with E-state index < -0.39 is 0 Å². The lowest BCUT2D eigenvalue weighted by molar-refractivity contribution is 0.415. The van der Waals surface area contributed by atoms with E-state index in [1.165, 1.54) is 0 Å². The molecule has 0 aliphatic rings. The predicted octanol–water partition coefficient (Wildman–Crippen LogP) is 3.66. The van der Waals surface area contributed by atoms with Gasteiger partial charge in [0, 0.05) is 10.5 Å². The molecule has 2 aromatic rings. The van der Waals surface area contributed by atoms with Crippen LogP contribution in [0.2, 0.25) is 0 Å². The summed E-state index contributed by atoms with van der Waals surface area (Å²) >= 11 is 1.56. The van der Waals surface area contributed by atoms with Gasteiger partial charge in [-0.3, -0.25) is 4.98 Å². The van der Waals surface area contributed by atoms with Crippen molar-refractivity contribution >= 4 is 11.8 Å². The van der Waals surface area contributed by atoms with Crippen molar-refractivity contribution in [1.82, 2.24) is 4.98 Å². The van der Waals surface area contributed by atoms with E-state index in [-0.39, 0.29) is 0 Å². The number of benzene rings is 1. The van der Waals surface area contributed by atoms with Crippen molar-refractivity contribution in [2.45, 2.75) is 11.8 Å². The molecule has 0 spiro atoms. The Morgan fingerprint density at radius 2 is 1.95 bits per heavy atom. The summed E-state index contributed by atoms with van der Waals surface area (Å²) in [4.78, 5) is 5.46. The highest BCUT2D eigenvalue weighted by atomic mass is 32.2. The second kappa shape index (κ2) is 5.77. The lowest BCUT2D eigenvalue weighted by Gasteiger charge is -2.08. The fourth-order valence-electron chi connectivity index (χ4n) is 1.85. The minimum absolute atomic E-state index is 0.657. The lowest BCUT2D eigenvalue weighted by atomic mass is 10.1. The van der Waals surface area contributed by atoms with Crippen molar-refractivity contribution < 1.29 is 4.74 Å². The zero-order valence-corrected chi connectivity index (χ0v) is 11.9. The zero-order chi connectivity index (χ0) is 13.8. The Labute approximate surface area is 117 Å². The SMILES string of the molecule is COc1ccc(-c2cc(SC)c(C#N)c(C)n2)cc1. The third-order valence-corrected chi connectivity index (χ3v) is 3.64. The number of aromatic nitrogens is 1. The van der Waals surface area contributed by atoms with E-state index in [0.717, 1.165) is 27.6 Å². The number of hydrogen-bond acceptors (Lipinski definition) is 4. The van der Waals surface area contributed by atoms with Gasteiger partial charge in [-0.25, -0.2) is 0 Å². The van der Waals surface area contributed by atoms with Crippen molar-refractivity contribution in [1.29, 1.82) is 5.26 Å². The van der Waals surface area contributed by atoms with Gasteiger partial charge in [-0.15, -0.1) is 11.8 Å². The molecule has 2 rings (SSSR count). The largest absolute Gasteiger partial charge is 0.497 e. The van der Waals surface area contributed by atoms with E-state index in [0.29, 0.717) is 5.56 Å². The molecular weight excluding hydrogens is 256 g/mol. The smallest absolute Gasteiger partial charge is 0.118 e. The van der Waals surface area contributed by atoms with Crippen LogP contribution in [-0.4, -0.2) is 18.3 Å². The van der Waals surface area contributed by atoms with Gasteiger partial charge in [-0.1, -0.05) is 0 Å². The number of methoxy groups -OCH3 is 1. The number of nitriles is 1. The standard InChI is InChI=1S/C15H14N2OS/c1-10-13(9-16)15(19-3)8-14(17-10)11-4-6-12(18-2)7-5-11/h4-8H,1-3H3. The molecule has 1 aromatic carbocycles. The first-order valence-corrected chi connectivity index (χ1v) is 7.02. The fraction of sp³-hybridized carbons (Fsp3) is 0.200. The van der Waals surface area contributed by atoms with Crippen molar-refractivity contribution in [3.05, 3.63) is 41.6 Å². The van der Waals surface area contributed by atoms with E-state index in [9.17, 15) is 0 Å². The molecule has 0 aliphatic carbocycles. The molecule has 0 aliphatic heterocycles. The average molecular weight is 270 g/mol. The van der Waals surface area contributed by atoms with E-state index in [2.05, 4.69) is 11.1 Å². The number of rotatable bonds is 3. The van der Waals surface area contributed by atoms with Crippen LogP contribution in [-0.2, 0) is 0 Å². The molecule has 0 saturated heterocycles. The molecule has 0 N–H and O–H groups in total. The lowest BCUT2D eigenvalue weighted by Crippen LogP contribution is -1.94. The van der Waals surface area contributed by atoms with E-state index in [1.54, 1.807) is 18.9 Å². The summed E-state index contributed by atoms with van der Waals surface area (Å²) in [5.41, 5.74) is 3.32. The zero-order valence-electron chi connectivity index (χ0n) is 11.1. The molecule has 0 saturated carbocycles. The highest BCUT2D eigenvalue weighted by Crippen LogP contribution is 2.28. The second-order valence-corrected chi connectivity index (χ2v) is 4.86. The first-order chi connectivity index (χ1) is 9.19. The van der Waals surface area contributed by atoms with Gasteiger partial charge in [0.2, 0.25) is 0 Å². The minimum Gasteiger partial charge on any atom is -0.497 e. The number of ether oxygens (including phenoxy) is 1. The molecule has 19 heavy (non-hydrogen) atoms. The maximum atomic E-state index is 9.14. The fourth-order valence-corrected chi connectivity index (χ4v) is 2.48. The molecular formula is C15H14N2OS. The first-order valence-electron chi connectivity index (χ1n) is 5.79. The highest BCUT2D eigenvalue weighted by molar-refractivity contribution is 7.98. The normalized spacial score (nSPS) is 10.0. The molecule has 96 valence electrons. The molecule has 0 radical (unpaired) electrons. The molecule has 1 heterocycles. The number of aryl methyl sites for hydroxylation is 1. The topological polar surface area (TPSA) is 45.9 Å². The minimum atomic E-state index is 0.657. The molecule has 0 amide bonds. The molecule has 0 bridgehead atoms. The van der Waals surface area contributed by atoms with Crippen LogP contribution in [0.25, 0.3) is 11.3 Å². The van der Waals surface area contributed by atoms with Crippen molar-refractivity contribution in [2.75, 3.05) is 13.4 Å². The Bertz CT molecular complexity index is 630. The van der Waals surface area contributed by atoms with E-state index >= 15 is 0 Å². The molecule has 0 fully saturated rings. The molecule has 1 aromatic heterocycles. The van der Waals surface area contributed by atoms with Crippen LogP contribution in [0.4, 0.5) is 0 Å². The predicted molar refractivity (Wildman–Crippen MR) is 77.5 cm³/mol. The van der Waals surface area contributed by atoms with Gasteiger partial charge in [0.15, 0.2) is 0 Å². The third-order valence-electron chi connectivity index (χ3n) is 2.88. The Morgan fingerprint density at radius 1 is 1.26 bits per heavy atom. The highest BCUT2D eigenvalue weighted by Gasteiger charge is 2.10. The maximum Gasteiger partial charge on any atom is 0.118 e. The number of hydrogen-bond donors (Lipinski definition) is 0. The Morgan fingerprint density at radius 3 is 2.47 bits per heavy atom. The second-order valence-electron chi connectivity index (χ2n) is 4.01. The molecule has 3 nitrogen and oxygen atoms in total. The van der Waals surface area contributed by atoms with Crippen molar-refractivity contribution in [2.24, 2.45) is 0 Å². The van der Waals surface area contributed by atoms with Crippen LogP contribution < -0.4 is 4.74 Å². The summed E-state index contributed by atoms with van der Waals surface area (Å²) in [6, 6.07) is 11.9. The van der Waals surface area contributed by atoms with E-state index in [1.807, 2.05) is 43.5 Å². The Balaban J connectivity index is 2.50. The monoisotopic (exact) mass is 270 g/mol. The van der Waals surface area contributed by atoms with E-state index in [4.69, 9.17) is 10.00 Å². The molecule has 0 atom stereocenters. The van der Waals surface area contributed by atoms with Gasteiger partial charge in [-0.05, 0) is 43.5 Å². The first kappa shape index (κ1) is 13.4. The van der Waals surface area contributed by atoms with Gasteiger partial charge < -0.3 is 4.74 Å². The number of nitrogens with zero attached hydrogens (tertiary/aromatic N) is 2. The number of thioether (sulfide) groups is 1. The van der Waals surface area contributed by atoms with Crippen LogP contribution >= 0.6 is 11.8 Å². The van der Waals surface area contributed by atoms with Crippen LogP contribution in [0.15, 0.2) is 35.2 Å². The quantitative estimate of drug-likeness (QED) is 0.798. The Kier molecular flexibility index (Phi) is 4.08. The summed E-state index contributed by atoms with van der Waals surface area (Å²) in [6.45, 7) is 1.87. The third kappa shape index (κ3) is 2.72. The van der Waals surface area contributed by atoms with Gasteiger partial charge in [0.1, 0.15) is 11.8 Å². The number of pyridine rings is 1. The van der Waals surface area contributed by atoms with Crippen molar-refractivity contribution in [3.63, 3.8) is 0 Å². The maximum absolute atomic E-state index is 9.14. The molecule has 0 unspecified atom stereocenters.